The van der Waals surface area contributed by atoms with Gasteiger partial charge in [0.2, 0.25) is 0 Å². The van der Waals surface area contributed by atoms with Crippen LogP contribution >= 0.6 is 0 Å². The minimum atomic E-state index is -0.724. The molecule has 0 saturated carbocycles. The lowest BCUT2D eigenvalue weighted by atomic mass is 9.96. The van der Waals surface area contributed by atoms with E-state index in [0.717, 1.165) is 6.54 Å². The monoisotopic (exact) mass is 249 g/mol. The van der Waals surface area contributed by atoms with E-state index in [1.807, 2.05) is 13.8 Å². The molecule has 0 aromatic heterocycles. The molecule has 0 aliphatic carbocycles. The molecule has 0 heterocycles. The normalized spacial score (nSPS) is 12.7. The summed E-state index contributed by atoms with van der Waals surface area (Å²) >= 11 is 0. The first-order valence-corrected chi connectivity index (χ1v) is 6.41. The topological polar surface area (TPSA) is 49.3 Å². The highest BCUT2D eigenvalue weighted by Crippen LogP contribution is 2.12. The van der Waals surface area contributed by atoms with Crippen molar-refractivity contribution in [2.75, 3.05) is 6.54 Å². The van der Waals surface area contributed by atoms with Crippen LogP contribution in [0, 0.1) is 25.7 Å². The Morgan fingerprint density at radius 3 is 2.56 bits per heavy atom. The third-order valence-corrected chi connectivity index (χ3v) is 3.31. The third kappa shape index (κ3) is 4.15. The van der Waals surface area contributed by atoms with Gasteiger partial charge < -0.3 is 10.4 Å². The molecule has 18 heavy (non-hydrogen) atoms. The molecule has 0 amide bonds. The maximum Gasteiger partial charge on any atom is 0.308 e. The molecule has 0 bridgehead atoms. The average molecular weight is 249 g/mol. The van der Waals surface area contributed by atoms with Gasteiger partial charge in [-0.1, -0.05) is 37.6 Å². The predicted octanol–water partition coefficient (Wildman–Crippen LogP) is 2.75. The zero-order chi connectivity index (χ0) is 13.7. The first-order valence-electron chi connectivity index (χ1n) is 6.41. The number of hydrogen-bond donors (Lipinski definition) is 2. The molecule has 0 fully saturated rings. The Morgan fingerprint density at radius 2 is 2.00 bits per heavy atom. The molecule has 3 heteroatoms. The maximum atomic E-state index is 11.1. The molecule has 0 saturated heterocycles. The fraction of sp³-hybridized carbons (Fsp3) is 0.533. The molecule has 1 aromatic rings. The highest BCUT2D eigenvalue weighted by molar-refractivity contribution is 5.70. The molecule has 3 nitrogen and oxygen atoms in total. The summed E-state index contributed by atoms with van der Waals surface area (Å²) in [5.41, 5.74) is 3.71. The fourth-order valence-electron chi connectivity index (χ4n) is 1.96. The van der Waals surface area contributed by atoms with E-state index in [2.05, 4.69) is 37.4 Å². The molecular weight excluding hydrogens is 226 g/mol. The summed E-state index contributed by atoms with van der Waals surface area (Å²) in [7, 11) is 0. The van der Waals surface area contributed by atoms with Gasteiger partial charge >= 0.3 is 5.97 Å². The predicted molar refractivity (Wildman–Crippen MR) is 73.6 cm³/mol. The van der Waals surface area contributed by atoms with Gasteiger partial charge in [0.05, 0.1) is 5.92 Å². The second-order valence-electron chi connectivity index (χ2n) is 5.25. The van der Waals surface area contributed by atoms with Crippen molar-refractivity contribution < 1.29 is 9.90 Å². The third-order valence-electron chi connectivity index (χ3n) is 3.31. The van der Waals surface area contributed by atoms with Gasteiger partial charge in [-0.3, -0.25) is 4.79 Å². The van der Waals surface area contributed by atoms with Gasteiger partial charge in [0.1, 0.15) is 0 Å². The van der Waals surface area contributed by atoms with Crippen LogP contribution in [-0.4, -0.2) is 17.6 Å². The van der Waals surface area contributed by atoms with Gasteiger partial charge in [-0.05, 0) is 30.9 Å². The second-order valence-corrected chi connectivity index (χ2v) is 5.25. The van der Waals surface area contributed by atoms with E-state index in [1.54, 1.807) is 0 Å². The van der Waals surface area contributed by atoms with E-state index in [4.69, 9.17) is 5.11 Å². The quantitative estimate of drug-likeness (QED) is 0.815. The Kier molecular flexibility index (Phi) is 5.35. The van der Waals surface area contributed by atoms with Crippen LogP contribution in [0.4, 0.5) is 0 Å². The largest absolute Gasteiger partial charge is 0.481 e. The number of carboxylic acid groups (broad SMARTS) is 1. The average Bonchev–Trinajstić information content (AvgIpc) is 2.27. The zero-order valence-corrected chi connectivity index (χ0v) is 11.7. The Bertz CT molecular complexity index is 413. The number of carbonyl (C=O) groups is 1. The molecule has 0 aliphatic heterocycles. The molecule has 1 atom stereocenters. The Morgan fingerprint density at radius 1 is 1.33 bits per heavy atom. The molecule has 0 radical (unpaired) electrons. The summed E-state index contributed by atoms with van der Waals surface area (Å²) in [5, 5.41) is 12.4. The minimum absolute atomic E-state index is 0.147. The minimum Gasteiger partial charge on any atom is -0.481 e. The molecule has 2 N–H and O–H groups in total. The Balaban J connectivity index is 2.55. The van der Waals surface area contributed by atoms with Crippen molar-refractivity contribution >= 4 is 5.97 Å². The summed E-state index contributed by atoms with van der Waals surface area (Å²) in [6.45, 7) is 9.27. The zero-order valence-electron chi connectivity index (χ0n) is 11.7. The second kappa shape index (κ2) is 6.55. The molecule has 100 valence electrons. The van der Waals surface area contributed by atoms with Gasteiger partial charge in [-0.2, -0.15) is 0 Å². The van der Waals surface area contributed by atoms with Crippen LogP contribution in [0.25, 0.3) is 0 Å². The molecular formula is C15H23NO2. The van der Waals surface area contributed by atoms with Crippen LogP contribution in [-0.2, 0) is 11.3 Å². The van der Waals surface area contributed by atoms with Gasteiger partial charge in [0, 0.05) is 13.1 Å². The fourth-order valence-corrected chi connectivity index (χ4v) is 1.96. The molecule has 1 unspecified atom stereocenters. The van der Waals surface area contributed by atoms with Gasteiger partial charge in [-0.25, -0.2) is 0 Å². The number of nitrogens with one attached hydrogen (secondary N) is 1. The Labute approximate surface area is 109 Å². The van der Waals surface area contributed by atoms with Crippen molar-refractivity contribution in [3.63, 3.8) is 0 Å². The summed E-state index contributed by atoms with van der Waals surface area (Å²) in [6.07, 6.45) is 0. The standard InChI is InChI=1S/C15H23NO2/c1-10(2)14(15(17)18)9-16-8-13-7-11(3)5-6-12(13)4/h5-7,10,14,16H,8-9H2,1-4H3,(H,17,18). The van der Waals surface area contributed by atoms with Crippen LogP contribution in [0.5, 0.6) is 0 Å². The lowest BCUT2D eigenvalue weighted by Crippen LogP contribution is -2.31. The number of rotatable bonds is 6. The number of aryl methyl sites for hydroxylation is 2. The van der Waals surface area contributed by atoms with Crippen LogP contribution in [0.15, 0.2) is 18.2 Å². The van der Waals surface area contributed by atoms with Crippen molar-refractivity contribution in [3.8, 4) is 0 Å². The first-order chi connectivity index (χ1) is 8.41. The van der Waals surface area contributed by atoms with Gasteiger partial charge in [-0.15, -0.1) is 0 Å². The van der Waals surface area contributed by atoms with E-state index >= 15 is 0 Å². The first kappa shape index (κ1) is 14.7. The van der Waals surface area contributed by atoms with Crippen molar-refractivity contribution in [2.45, 2.75) is 34.2 Å². The maximum absolute atomic E-state index is 11.1. The number of aliphatic carboxylic acids is 1. The molecule has 0 aliphatic rings. The van der Waals surface area contributed by atoms with Crippen LogP contribution in [0.1, 0.15) is 30.5 Å². The lowest BCUT2D eigenvalue weighted by molar-refractivity contribution is -0.143. The van der Waals surface area contributed by atoms with E-state index in [0.29, 0.717) is 6.54 Å². The summed E-state index contributed by atoms with van der Waals surface area (Å²) in [5.74, 6) is -0.901. The van der Waals surface area contributed by atoms with Crippen LogP contribution in [0.3, 0.4) is 0 Å². The highest BCUT2D eigenvalue weighted by Gasteiger charge is 2.20. The number of hydrogen-bond acceptors (Lipinski definition) is 2. The van der Waals surface area contributed by atoms with Gasteiger partial charge in [0.25, 0.3) is 0 Å². The summed E-state index contributed by atoms with van der Waals surface area (Å²) in [6, 6.07) is 6.34. The summed E-state index contributed by atoms with van der Waals surface area (Å²) in [4.78, 5) is 11.1. The van der Waals surface area contributed by atoms with Crippen molar-refractivity contribution in [2.24, 2.45) is 11.8 Å². The van der Waals surface area contributed by atoms with Gasteiger partial charge in [0.15, 0.2) is 0 Å². The van der Waals surface area contributed by atoms with Crippen molar-refractivity contribution in [1.29, 1.82) is 0 Å². The molecule has 1 aromatic carbocycles. The van der Waals surface area contributed by atoms with E-state index in [-0.39, 0.29) is 11.8 Å². The SMILES string of the molecule is Cc1ccc(C)c(CNCC(C(=O)O)C(C)C)c1. The van der Waals surface area contributed by atoms with E-state index in [9.17, 15) is 4.79 Å². The Hall–Kier alpha value is -1.35. The molecule has 0 spiro atoms. The van der Waals surface area contributed by atoms with Crippen LogP contribution < -0.4 is 5.32 Å². The van der Waals surface area contributed by atoms with Crippen LogP contribution in [0.2, 0.25) is 0 Å². The number of benzene rings is 1. The highest BCUT2D eigenvalue weighted by atomic mass is 16.4. The molecule has 1 rings (SSSR count). The lowest BCUT2D eigenvalue weighted by Gasteiger charge is -2.17. The van der Waals surface area contributed by atoms with Crippen molar-refractivity contribution in [1.82, 2.24) is 5.32 Å². The summed E-state index contributed by atoms with van der Waals surface area (Å²) < 4.78 is 0. The van der Waals surface area contributed by atoms with E-state index in [1.165, 1.54) is 16.7 Å². The number of carboxylic acids is 1. The smallest absolute Gasteiger partial charge is 0.308 e. The van der Waals surface area contributed by atoms with Crippen molar-refractivity contribution in [3.05, 3.63) is 34.9 Å². The van der Waals surface area contributed by atoms with E-state index < -0.39 is 5.97 Å².